The Morgan fingerprint density at radius 3 is 3.22 bits per heavy atom. The van der Waals surface area contributed by atoms with Gasteiger partial charge in [0.1, 0.15) is 0 Å². The van der Waals surface area contributed by atoms with Gasteiger partial charge < -0.3 is 20.1 Å². The lowest BCUT2D eigenvalue weighted by atomic mass is 10.3. The number of rotatable bonds is 5. The lowest BCUT2D eigenvalue weighted by Gasteiger charge is -2.12. The first-order valence-corrected chi connectivity index (χ1v) is 6.67. The fraction of sp³-hybridized carbons (Fsp3) is 0.917. The third-order valence-corrected chi connectivity index (χ3v) is 3.00. The Bertz CT molecular complexity index is 245. The maximum atomic E-state index is 5.69. The SMILES string of the molecule is Br.C1CCNC(NCCCOC2CCOC2)=NC1. The molecule has 2 aliphatic heterocycles. The van der Waals surface area contributed by atoms with E-state index in [2.05, 4.69) is 15.6 Å². The van der Waals surface area contributed by atoms with Gasteiger partial charge in [-0.3, -0.25) is 4.99 Å². The summed E-state index contributed by atoms with van der Waals surface area (Å²) in [6.07, 6.45) is 4.77. The molecule has 2 rings (SSSR count). The van der Waals surface area contributed by atoms with Crippen molar-refractivity contribution < 1.29 is 9.47 Å². The van der Waals surface area contributed by atoms with Crippen molar-refractivity contribution in [2.75, 3.05) is 39.5 Å². The molecule has 0 radical (unpaired) electrons. The molecule has 0 aromatic carbocycles. The summed E-state index contributed by atoms with van der Waals surface area (Å²) in [5.74, 6) is 0.951. The fourth-order valence-electron chi connectivity index (χ4n) is 1.98. The average Bonchev–Trinajstić information content (AvgIpc) is 2.72. The first kappa shape index (κ1) is 15.7. The quantitative estimate of drug-likeness (QED) is 0.744. The van der Waals surface area contributed by atoms with Crippen LogP contribution in [-0.4, -0.2) is 51.5 Å². The molecule has 0 spiro atoms. The van der Waals surface area contributed by atoms with Crippen LogP contribution in [0.1, 0.15) is 25.7 Å². The number of nitrogens with zero attached hydrogens (tertiary/aromatic N) is 1. The van der Waals surface area contributed by atoms with Crippen molar-refractivity contribution in [1.82, 2.24) is 10.6 Å². The Morgan fingerprint density at radius 2 is 2.39 bits per heavy atom. The zero-order valence-corrected chi connectivity index (χ0v) is 12.5. The second-order valence-electron chi connectivity index (χ2n) is 4.50. The molecule has 0 bridgehead atoms. The summed E-state index contributed by atoms with van der Waals surface area (Å²) in [5, 5.41) is 6.61. The van der Waals surface area contributed by atoms with E-state index in [4.69, 9.17) is 9.47 Å². The molecule has 6 heteroatoms. The Morgan fingerprint density at radius 1 is 1.44 bits per heavy atom. The highest BCUT2D eigenvalue weighted by Crippen LogP contribution is 2.07. The zero-order valence-electron chi connectivity index (χ0n) is 10.8. The van der Waals surface area contributed by atoms with Crippen LogP contribution in [0.4, 0.5) is 0 Å². The average molecular weight is 322 g/mol. The fourth-order valence-corrected chi connectivity index (χ4v) is 1.98. The molecule has 0 aromatic heterocycles. The van der Waals surface area contributed by atoms with Crippen molar-refractivity contribution in [3.8, 4) is 0 Å². The highest BCUT2D eigenvalue weighted by atomic mass is 79.9. The smallest absolute Gasteiger partial charge is 0.191 e. The molecule has 1 unspecified atom stereocenters. The molecular weight excluding hydrogens is 298 g/mol. The van der Waals surface area contributed by atoms with Crippen molar-refractivity contribution in [1.29, 1.82) is 0 Å². The van der Waals surface area contributed by atoms with E-state index in [1.165, 1.54) is 12.8 Å². The summed E-state index contributed by atoms with van der Waals surface area (Å²) >= 11 is 0. The van der Waals surface area contributed by atoms with E-state index >= 15 is 0 Å². The highest BCUT2D eigenvalue weighted by Gasteiger charge is 2.15. The normalized spacial score (nSPS) is 23.6. The van der Waals surface area contributed by atoms with Gasteiger partial charge in [-0.25, -0.2) is 0 Å². The van der Waals surface area contributed by atoms with Crippen molar-refractivity contribution in [2.45, 2.75) is 31.8 Å². The van der Waals surface area contributed by atoms with Crippen LogP contribution in [-0.2, 0) is 9.47 Å². The topological polar surface area (TPSA) is 54.9 Å². The number of halogens is 1. The van der Waals surface area contributed by atoms with Gasteiger partial charge in [-0.1, -0.05) is 0 Å². The van der Waals surface area contributed by atoms with Crippen LogP contribution in [0.2, 0.25) is 0 Å². The lowest BCUT2D eigenvalue weighted by molar-refractivity contribution is 0.0420. The molecular formula is C12H24BrN3O2. The van der Waals surface area contributed by atoms with E-state index in [1.807, 2.05) is 0 Å². The summed E-state index contributed by atoms with van der Waals surface area (Å²) in [4.78, 5) is 4.43. The maximum Gasteiger partial charge on any atom is 0.191 e. The predicted octanol–water partition coefficient (Wildman–Crippen LogP) is 1.09. The summed E-state index contributed by atoms with van der Waals surface area (Å²) < 4.78 is 10.9. The minimum Gasteiger partial charge on any atom is -0.379 e. The van der Waals surface area contributed by atoms with Crippen LogP contribution in [0.15, 0.2) is 4.99 Å². The van der Waals surface area contributed by atoms with Crippen molar-refractivity contribution >= 4 is 22.9 Å². The van der Waals surface area contributed by atoms with Gasteiger partial charge in [0.05, 0.1) is 12.7 Å². The van der Waals surface area contributed by atoms with Gasteiger partial charge >= 0.3 is 0 Å². The first-order chi connectivity index (χ1) is 8.45. The molecule has 1 fully saturated rings. The molecule has 5 nitrogen and oxygen atoms in total. The Hall–Kier alpha value is -0.330. The van der Waals surface area contributed by atoms with E-state index in [1.54, 1.807) is 0 Å². The van der Waals surface area contributed by atoms with Crippen molar-refractivity contribution in [2.24, 2.45) is 4.99 Å². The van der Waals surface area contributed by atoms with Crippen LogP contribution < -0.4 is 10.6 Å². The molecule has 2 aliphatic rings. The molecule has 18 heavy (non-hydrogen) atoms. The Labute approximate surface area is 119 Å². The molecule has 1 saturated heterocycles. The molecule has 1 atom stereocenters. The number of nitrogens with one attached hydrogen (secondary N) is 2. The largest absolute Gasteiger partial charge is 0.379 e. The van der Waals surface area contributed by atoms with Crippen LogP contribution in [0, 0.1) is 0 Å². The number of guanidine groups is 1. The van der Waals surface area contributed by atoms with E-state index < -0.39 is 0 Å². The summed E-state index contributed by atoms with van der Waals surface area (Å²) in [6, 6.07) is 0. The molecule has 106 valence electrons. The van der Waals surface area contributed by atoms with Gasteiger partial charge in [-0.2, -0.15) is 0 Å². The van der Waals surface area contributed by atoms with Crippen LogP contribution in [0.3, 0.4) is 0 Å². The van der Waals surface area contributed by atoms with E-state index in [0.717, 1.165) is 58.3 Å². The van der Waals surface area contributed by atoms with Gasteiger partial charge in [0.15, 0.2) is 5.96 Å². The standard InChI is InChI=1S/C12H23N3O2.BrH/c1-2-6-14-12(13-5-1)15-7-3-8-17-11-4-9-16-10-11;/h11H,1-10H2,(H2,13,14,15);1H. The summed E-state index contributed by atoms with van der Waals surface area (Å²) in [5.41, 5.74) is 0. The molecule has 2 heterocycles. The van der Waals surface area contributed by atoms with Gasteiger partial charge in [-0.15, -0.1) is 17.0 Å². The van der Waals surface area contributed by atoms with E-state index in [0.29, 0.717) is 6.10 Å². The maximum absolute atomic E-state index is 5.69. The van der Waals surface area contributed by atoms with E-state index in [-0.39, 0.29) is 17.0 Å². The molecule has 0 aromatic rings. The monoisotopic (exact) mass is 321 g/mol. The van der Waals surface area contributed by atoms with Crippen LogP contribution in [0.25, 0.3) is 0 Å². The second kappa shape index (κ2) is 9.58. The molecule has 2 N–H and O–H groups in total. The number of hydrogen-bond donors (Lipinski definition) is 2. The third kappa shape index (κ3) is 6.02. The van der Waals surface area contributed by atoms with Gasteiger partial charge in [0.2, 0.25) is 0 Å². The predicted molar refractivity (Wildman–Crippen MR) is 77.7 cm³/mol. The van der Waals surface area contributed by atoms with Crippen LogP contribution in [0.5, 0.6) is 0 Å². The van der Waals surface area contributed by atoms with Crippen molar-refractivity contribution in [3.05, 3.63) is 0 Å². The minimum atomic E-state index is 0. The Balaban J connectivity index is 0.00000162. The minimum absolute atomic E-state index is 0. The van der Waals surface area contributed by atoms with Crippen molar-refractivity contribution in [3.63, 3.8) is 0 Å². The zero-order chi connectivity index (χ0) is 11.8. The third-order valence-electron chi connectivity index (χ3n) is 3.00. The molecule has 0 amide bonds. The van der Waals surface area contributed by atoms with Crippen LogP contribution >= 0.6 is 17.0 Å². The van der Waals surface area contributed by atoms with Gasteiger partial charge in [0.25, 0.3) is 0 Å². The second-order valence-corrected chi connectivity index (χ2v) is 4.50. The summed E-state index contributed by atoms with van der Waals surface area (Å²) in [6.45, 7) is 5.30. The van der Waals surface area contributed by atoms with E-state index in [9.17, 15) is 0 Å². The number of ether oxygens (including phenoxy) is 2. The summed E-state index contributed by atoms with van der Waals surface area (Å²) in [7, 11) is 0. The lowest BCUT2D eigenvalue weighted by Crippen LogP contribution is -2.37. The first-order valence-electron chi connectivity index (χ1n) is 6.67. The number of hydrogen-bond acceptors (Lipinski definition) is 5. The molecule has 0 saturated carbocycles. The highest BCUT2D eigenvalue weighted by molar-refractivity contribution is 8.93. The number of aliphatic imine (C=N–C) groups is 1. The van der Waals surface area contributed by atoms with Gasteiger partial charge in [-0.05, 0) is 25.7 Å². The molecule has 0 aliphatic carbocycles. The Kier molecular flexibility index (Phi) is 8.37. The van der Waals surface area contributed by atoms with Gasteiger partial charge in [0, 0.05) is 32.8 Å².